The molecule has 3 aliphatic rings. The van der Waals surface area contributed by atoms with Gasteiger partial charge >= 0.3 is 5.97 Å². The first-order valence-corrected chi connectivity index (χ1v) is 14.4. The van der Waals surface area contributed by atoms with Crippen molar-refractivity contribution >= 4 is 28.9 Å². The zero-order chi connectivity index (χ0) is 28.6. The Morgan fingerprint density at radius 1 is 1.15 bits per heavy atom. The first-order chi connectivity index (χ1) is 20.0. The van der Waals surface area contributed by atoms with E-state index in [0.717, 1.165) is 43.1 Å². The van der Waals surface area contributed by atoms with E-state index >= 15 is 0 Å². The smallest absolute Gasteiger partial charge is 0.328 e. The summed E-state index contributed by atoms with van der Waals surface area (Å²) in [7, 11) is 1.33. The second-order valence-corrected chi connectivity index (χ2v) is 10.8. The Morgan fingerprint density at radius 3 is 2.66 bits per heavy atom. The number of morpholine rings is 1. The van der Waals surface area contributed by atoms with E-state index in [4.69, 9.17) is 9.47 Å². The van der Waals surface area contributed by atoms with Gasteiger partial charge in [0.2, 0.25) is 5.91 Å². The maximum Gasteiger partial charge on any atom is 0.328 e. The number of rotatable bonds is 10. The fraction of sp³-hybridized carbons (Fsp3) is 0.500. The van der Waals surface area contributed by atoms with Gasteiger partial charge in [0.15, 0.2) is 0 Å². The topological polar surface area (TPSA) is 124 Å². The third kappa shape index (κ3) is 7.28. The zero-order valence-corrected chi connectivity index (χ0v) is 23.5. The fourth-order valence-electron chi connectivity index (χ4n) is 5.75. The second kappa shape index (κ2) is 13.7. The van der Waals surface area contributed by atoms with Crippen LogP contribution >= 0.6 is 0 Å². The number of allylic oxidation sites excluding steroid dienone is 4. The van der Waals surface area contributed by atoms with Crippen LogP contribution in [-0.4, -0.2) is 74.0 Å². The van der Waals surface area contributed by atoms with Crippen molar-refractivity contribution in [2.24, 2.45) is 11.8 Å². The molecule has 3 heterocycles. The molecule has 2 aliphatic heterocycles. The average Bonchev–Trinajstić information content (AvgIpc) is 3.47. The number of hydrogen-bond donors (Lipinski definition) is 2. The number of benzene rings is 1. The molecule has 0 saturated carbocycles. The molecule has 2 atom stereocenters. The van der Waals surface area contributed by atoms with Gasteiger partial charge in [0.05, 0.1) is 38.0 Å². The van der Waals surface area contributed by atoms with Gasteiger partial charge in [-0.3, -0.25) is 4.79 Å². The molecule has 11 nitrogen and oxygen atoms in total. The van der Waals surface area contributed by atoms with E-state index in [1.165, 1.54) is 7.11 Å². The molecule has 1 aromatic heterocycles. The van der Waals surface area contributed by atoms with E-state index < -0.39 is 12.0 Å². The lowest BCUT2D eigenvalue weighted by Gasteiger charge is -2.36. The van der Waals surface area contributed by atoms with E-state index in [2.05, 4.69) is 49.9 Å². The number of hydrogen-bond acceptors (Lipinski definition) is 9. The van der Waals surface area contributed by atoms with E-state index in [0.29, 0.717) is 50.8 Å². The maximum atomic E-state index is 13.3. The van der Waals surface area contributed by atoms with Crippen LogP contribution in [0.2, 0.25) is 0 Å². The number of carbonyl (C=O) groups excluding carboxylic acids is 2. The van der Waals surface area contributed by atoms with Crippen molar-refractivity contribution in [3.05, 3.63) is 65.9 Å². The highest BCUT2D eigenvalue weighted by atomic mass is 16.5. The van der Waals surface area contributed by atoms with Crippen LogP contribution in [0.1, 0.15) is 25.0 Å². The van der Waals surface area contributed by atoms with Gasteiger partial charge in [0, 0.05) is 62.6 Å². The monoisotopic (exact) mass is 563 g/mol. The van der Waals surface area contributed by atoms with Gasteiger partial charge < -0.3 is 39.8 Å². The SMILES string of the molecule is COC(=O)[C@H](Cc1cn(CC2C=CC=CC2)cn1)NC(=O)C1CCN(c2cc(N3CCOCC3)ccc2N[O-])CC1. The molecule has 41 heavy (non-hydrogen) atoms. The number of amides is 1. The third-order valence-corrected chi connectivity index (χ3v) is 8.09. The van der Waals surface area contributed by atoms with Gasteiger partial charge in [-0.25, -0.2) is 9.78 Å². The van der Waals surface area contributed by atoms with Crippen molar-refractivity contribution in [2.75, 3.05) is 61.8 Å². The lowest BCUT2D eigenvalue weighted by molar-refractivity contribution is -0.145. The molecule has 0 radical (unpaired) electrons. The first kappa shape index (κ1) is 28.7. The number of carbonyl (C=O) groups is 2. The summed E-state index contributed by atoms with van der Waals surface area (Å²) in [6, 6.07) is 5.00. The van der Waals surface area contributed by atoms with Gasteiger partial charge in [-0.05, 0) is 43.4 Å². The Balaban J connectivity index is 1.17. The van der Waals surface area contributed by atoms with Crippen LogP contribution in [0.3, 0.4) is 0 Å². The molecule has 1 unspecified atom stereocenters. The highest BCUT2D eigenvalue weighted by Gasteiger charge is 2.30. The molecule has 2 saturated heterocycles. The second-order valence-electron chi connectivity index (χ2n) is 10.8. The minimum Gasteiger partial charge on any atom is -0.761 e. The largest absolute Gasteiger partial charge is 0.761 e. The number of piperidine rings is 1. The minimum absolute atomic E-state index is 0.164. The summed E-state index contributed by atoms with van der Waals surface area (Å²) >= 11 is 0. The first-order valence-electron chi connectivity index (χ1n) is 14.4. The fourth-order valence-corrected chi connectivity index (χ4v) is 5.75. The predicted molar refractivity (Wildman–Crippen MR) is 158 cm³/mol. The van der Waals surface area contributed by atoms with Crippen molar-refractivity contribution in [3.8, 4) is 0 Å². The standard InChI is InChI=1S/C30H39N6O5/c1-40-30(38)27(17-24-20-34(21-31-24)19-22-5-3-2-4-6-22)32-29(37)23-9-11-36(12-10-23)28-18-25(7-8-26(28)33-39)35-13-15-41-16-14-35/h2-5,7-8,18,20-23,27,33H,6,9-17,19H2,1H3,(H,32,37)/q-1/t22?,27-/m0/s1. The zero-order valence-electron chi connectivity index (χ0n) is 23.5. The van der Waals surface area contributed by atoms with Crippen LogP contribution < -0.4 is 20.6 Å². The minimum atomic E-state index is -0.812. The Kier molecular flexibility index (Phi) is 9.58. The maximum absolute atomic E-state index is 13.3. The molecule has 2 aromatic rings. The van der Waals surface area contributed by atoms with Gasteiger partial charge in [-0.1, -0.05) is 24.3 Å². The summed E-state index contributed by atoms with van der Waals surface area (Å²) in [5.74, 6) is -0.487. The van der Waals surface area contributed by atoms with E-state index in [1.807, 2.05) is 29.0 Å². The summed E-state index contributed by atoms with van der Waals surface area (Å²) in [5, 5.41) is 14.6. The quantitative estimate of drug-likeness (QED) is 0.332. The number of aromatic nitrogens is 2. The van der Waals surface area contributed by atoms with Crippen LogP contribution in [0.25, 0.3) is 0 Å². The number of ether oxygens (including phenoxy) is 2. The number of imidazole rings is 1. The Bertz CT molecular complexity index is 1250. The van der Waals surface area contributed by atoms with Crippen LogP contribution in [0.4, 0.5) is 17.1 Å². The molecule has 0 bridgehead atoms. The van der Waals surface area contributed by atoms with Crippen molar-refractivity contribution in [3.63, 3.8) is 0 Å². The van der Waals surface area contributed by atoms with Crippen LogP contribution in [0.15, 0.2) is 55.0 Å². The van der Waals surface area contributed by atoms with Gasteiger partial charge in [-0.15, -0.1) is 0 Å². The molecular formula is C30H39N6O5-. The van der Waals surface area contributed by atoms with E-state index in [-0.39, 0.29) is 18.2 Å². The van der Waals surface area contributed by atoms with Crippen molar-refractivity contribution in [2.45, 2.75) is 38.3 Å². The summed E-state index contributed by atoms with van der Waals surface area (Å²) in [5.41, 5.74) is 5.21. The normalized spacial score (nSPS) is 20.1. The number of nitrogens with one attached hydrogen (secondary N) is 2. The summed E-state index contributed by atoms with van der Waals surface area (Å²) in [6.07, 6.45) is 14.6. The predicted octanol–water partition coefficient (Wildman–Crippen LogP) is 2.88. The highest BCUT2D eigenvalue weighted by Crippen LogP contribution is 2.34. The molecule has 2 fully saturated rings. The van der Waals surface area contributed by atoms with Crippen LogP contribution in [-0.2, 0) is 32.0 Å². The van der Waals surface area contributed by atoms with Crippen LogP contribution in [0.5, 0.6) is 0 Å². The summed E-state index contributed by atoms with van der Waals surface area (Å²) < 4.78 is 12.5. The Morgan fingerprint density at radius 2 is 1.95 bits per heavy atom. The Labute approximate surface area is 240 Å². The molecule has 1 amide bonds. The molecule has 220 valence electrons. The molecule has 11 heteroatoms. The third-order valence-electron chi connectivity index (χ3n) is 8.09. The summed E-state index contributed by atoms with van der Waals surface area (Å²) in [6.45, 7) is 5.03. The average molecular weight is 564 g/mol. The number of anilines is 3. The van der Waals surface area contributed by atoms with Gasteiger partial charge in [0.25, 0.3) is 0 Å². The van der Waals surface area contributed by atoms with Crippen molar-refractivity contribution < 1.29 is 19.1 Å². The molecule has 1 aromatic carbocycles. The van der Waals surface area contributed by atoms with E-state index in [1.54, 1.807) is 6.33 Å². The van der Waals surface area contributed by atoms with Gasteiger partial charge in [0.1, 0.15) is 6.04 Å². The molecule has 0 spiro atoms. The van der Waals surface area contributed by atoms with Crippen molar-refractivity contribution in [1.29, 1.82) is 0 Å². The molecular weight excluding hydrogens is 524 g/mol. The number of esters is 1. The summed E-state index contributed by atoms with van der Waals surface area (Å²) in [4.78, 5) is 34.7. The molecule has 5 rings (SSSR count). The molecule has 1 aliphatic carbocycles. The van der Waals surface area contributed by atoms with Crippen LogP contribution in [0, 0.1) is 17.0 Å². The highest BCUT2D eigenvalue weighted by molar-refractivity contribution is 5.86. The number of methoxy groups -OCH3 is 1. The van der Waals surface area contributed by atoms with Crippen molar-refractivity contribution in [1.82, 2.24) is 14.9 Å². The lowest BCUT2D eigenvalue weighted by atomic mass is 9.94. The van der Waals surface area contributed by atoms with E-state index in [9.17, 15) is 14.8 Å². The Hall–Kier alpha value is -3.83. The molecule has 2 N–H and O–H groups in total. The number of nitrogens with zero attached hydrogens (tertiary/aromatic N) is 4. The van der Waals surface area contributed by atoms with Gasteiger partial charge in [-0.2, -0.15) is 0 Å². The lowest BCUT2D eigenvalue weighted by Crippen LogP contribution is -2.48.